The van der Waals surface area contributed by atoms with Crippen molar-refractivity contribution in [2.24, 2.45) is 0 Å². The van der Waals surface area contributed by atoms with Crippen molar-refractivity contribution in [3.05, 3.63) is 64.7 Å². The van der Waals surface area contributed by atoms with E-state index in [4.69, 9.17) is 16.3 Å². The van der Waals surface area contributed by atoms with Gasteiger partial charge in [-0.15, -0.1) is 0 Å². The number of carbonyl (C=O) groups excluding carboxylic acids is 2. The van der Waals surface area contributed by atoms with E-state index < -0.39 is 0 Å². The van der Waals surface area contributed by atoms with Crippen molar-refractivity contribution in [2.45, 2.75) is 13.0 Å². The molecule has 1 aliphatic rings. The van der Waals surface area contributed by atoms with Crippen LogP contribution in [0.1, 0.15) is 22.3 Å². The predicted octanol–water partition coefficient (Wildman–Crippen LogP) is 2.81. The fraction of sp³-hybridized carbons (Fsp3) is 0.364. The van der Waals surface area contributed by atoms with E-state index in [-0.39, 0.29) is 18.2 Å². The van der Waals surface area contributed by atoms with E-state index in [9.17, 15) is 9.59 Å². The number of halogens is 1. The van der Waals surface area contributed by atoms with E-state index in [1.54, 1.807) is 42.3 Å². The van der Waals surface area contributed by atoms with Crippen LogP contribution in [0.5, 0.6) is 5.75 Å². The molecular weight excluding hydrogens is 390 g/mol. The smallest absolute Gasteiger partial charge is 0.254 e. The SMILES string of the molecule is COc1cccc(C(=O)N(CCC(=O)N2CCNCC2)Cc2cccc(Cl)c2)c1. The first-order valence-electron chi connectivity index (χ1n) is 9.73. The number of nitrogens with one attached hydrogen (secondary N) is 1. The molecular formula is C22H26ClN3O3. The van der Waals surface area contributed by atoms with Gasteiger partial charge in [-0.1, -0.05) is 29.8 Å². The fourth-order valence-corrected chi connectivity index (χ4v) is 3.56. The van der Waals surface area contributed by atoms with E-state index in [0.29, 0.717) is 42.5 Å². The van der Waals surface area contributed by atoms with Crippen molar-refractivity contribution >= 4 is 23.4 Å². The third-order valence-electron chi connectivity index (χ3n) is 4.93. The number of rotatable bonds is 7. The molecule has 29 heavy (non-hydrogen) atoms. The minimum atomic E-state index is -0.142. The summed E-state index contributed by atoms with van der Waals surface area (Å²) in [5, 5.41) is 3.86. The second-order valence-corrected chi connectivity index (χ2v) is 7.41. The summed E-state index contributed by atoms with van der Waals surface area (Å²) in [4.78, 5) is 29.3. The Morgan fingerprint density at radius 1 is 1.14 bits per heavy atom. The van der Waals surface area contributed by atoms with Crippen molar-refractivity contribution in [1.29, 1.82) is 0 Å². The van der Waals surface area contributed by atoms with Gasteiger partial charge in [-0.2, -0.15) is 0 Å². The summed E-state index contributed by atoms with van der Waals surface area (Å²) >= 11 is 6.11. The molecule has 6 nitrogen and oxygen atoms in total. The molecule has 1 saturated heterocycles. The van der Waals surface area contributed by atoms with Gasteiger partial charge >= 0.3 is 0 Å². The monoisotopic (exact) mass is 415 g/mol. The summed E-state index contributed by atoms with van der Waals surface area (Å²) in [5.41, 5.74) is 1.45. The Morgan fingerprint density at radius 2 is 1.90 bits per heavy atom. The predicted molar refractivity (Wildman–Crippen MR) is 113 cm³/mol. The second-order valence-electron chi connectivity index (χ2n) is 6.97. The Balaban J connectivity index is 1.74. The molecule has 1 aliphatic heterocycles. The lowest BCUT2D eigenvalue weighted by atomic mass is 10.1. The number of nitrogens with zero attached hydrogens (tertiary/aromatic N) is 2. The van der Waals surface area contributed by atoms with Crippen molar-refractivity contribution in [2.75, 3.05) is 39.8 Å². The highest BCUT2D eigenvalue weighted by Gasteiger charge is 2.21. The maximum Gasteiger partial charge on any atom is 0.254 e. The molecule has 0 aromatic heterocycles. The van der Waals surface area contributed by atoms with Gasteiger partial charge in [-0.05, 0) is 35.9 Å². The number of hydrogen-bond donors (Lipinski definition) is 1. The third-order valence-corrected chi connectivity index (χ3v) is 5.17. The van der Waals surface area contributed by atoms with Crippen LogP contribution >= 0.6 is 11.6 Å². The molecule has 2 aromatic rings. The van der Waals surface area contributed by atoms with Crippen LogP contribution in [0, 0.1) is 0 Å². The quantitative estimate of drug-likeness (QED) is 0.755. The molecule has 0 bridgehead atoms. The van der Waals surface area contributed by atoms with Crippen LogP contribution in [0.4, 0.5) is 0 Å². The average Bonchev–Trinajstić information content (AvgIpc) is 2.76. The molecule has 1 fully saturated rings. The first-order chi connectivity index (χ1) is 14.1. The Kier molecular flexibility index (Phi) is 7.49. The van der Waals surface area contributed by atoms with E-state index >= 15 is 0 Å². The molecule has 2 aromatic carbocycles. The van der Waals surface area contributed by atoms with Crippen molar-refractivity contribution in [3.8, 4) is 5.75 Å². The fourth-order valence-electron chi connectivity index (χ4n) is 3.35. The highest BCUT2D eigenvalue weighted by Crippen LogP contribution is 2.18. The number of carbonyl (C=O) groups is 2. The molecule has 0 saturated carbocycles. The summed E-state index contributed by atoms with van der Waals surface area (Å²) in [6.45, 7) is 3.74. The summed E-state index contributed by atoms with van der Waals surface area (Å²) < 4.78 is 5.24. The van der Waals surface area contributed by atoms with E-state index in [0.717, 1.165) is 18.7 Å². The van der Waals surface area contributed by atoms with Crippen LogP contribution in [0.2, 0.25) is 5.02 Å². The van der Waals surface area contributed by atoms with E-state index in [1.165, 1.54) is 0 Å². The first kappa shape index (κ1) is 21.1. The van der Waals surface area contributed by atoms with Crippen molar-refractivity contribution in [1.82, 2.24) is 15.1 Å². The first-order valence-corrected chi connectivity index (χ1v) is 10.1. The third kappa shape index (κ3) is 5.95. The molecule has 1 N–H and O–H groups in total. The van der Waals surface area contributed by atoms with Gasteiger partial charge in [-0.25, -0.2) is 0 Å². The van der Waals surface area contributed by atoms with Gasteiger partial charge in [0, 0.05) is 56.3 Å². The highest BCUT2D eigenvalue weighted by molar-refractivity contribution is 6.30. The molecule has 1 heterocycles. The molecule has 0 aliphatic carbocycles. The van der Waals surface area contributed by atoms with Crippen LogP contribution in [-0.4, -0.2) is 61.4 Å². The normalized spacial score (nSPS) is 13.8. The number of amides is 2. The molecule has 7 heteroatoms. The zero-order valence-corrected chi connectivity index (χ0v) is 17.3. The molecule has 0 spiro atoms. The van der Waals surface area contributed by atoms with Crippen LogP contribution in [0.15, 0.2) is 48.5 Å². The maximum atomic E-state index is 13.2. The minimum absolute atomic E-state index is 0.0704. The van der Waals surface area contributed by atoms with Crippen molar-refractivity contribution in [3.63, 3.8) is 0 Å². The molecule has 3 rings (SSSR count). The lowest BCUT2D eigenvalue weighted by molar-refractivity contribution is -0.132. The Bertz CT molecular complexity index is 853. The number of ether oxygens (including phenoxy) is 1. The zero-order valence-electron chi connectivity index (χ0n) is 16.6. The standard InChI is InChI=1S/C22H26ClN3O3/c1-29-20-7-3-5-18(15-20)22(28)26(16-17-4-2-6-19(23)14-17)11-8-21(27)25-12-9-24-10-13-25/h2-7,14-15,24H,8-13,16H2,1H3. The second kappa shape index (κ2) is 10.3. The van der Waals surface area contributed by atoms with Gasteiger partial charge in [0.25, 0.3) is 5.91 Å². The molecule has 0 atom stereocenters. The van der Waals surface area contributed by atoms with Crippen molar-refractivity contribution < 1.29 is 14.3 Å². The number of methoxy groups -OCH3 is 1. The maximum absolute atomic E-state index is 13.2. The van der Waals surface area contributed by atoms with Crippen LogP contribution in [0.3, 0.4) is 0 Å². The zero-order chi connectivity index (χ0) is 20.6. The summed E-state index contributed by atoms with van der Waals surface area (Å²) in [6.07, 6.45) is 0.288. The van der Waals surface area contributed by atoms with Crippen LogP contribution < -0.4 is 10.1 Å². The van der Waals surface area contributed by atoms with Gasteiger partial charge in [0.15, 0.2) is 0 Å². The topological polar surface area (TPSA) is 61.9 Å². The van der Waals surface area contributed by atoms with Gasteiger partial charge < -0.3 is 19.9 Å². The molecule has 0 radical (unpaired) electrons. The summed E-state index contributed by atoms with van der Waals surface area (Å²) in [5.74, 6) is 0.550. The lowest BCUT2D eigenvalue weighted by Crippen LogP contribution is -2.47. The van der Waals surface area contributed by atoms with Gasteiger partial charge in [0.05, 0.1) is 7.11 Å². The highest BCUT2D eigenvalue weighted by atomic mass is 35.5. The van der Waals surface area contributed by atoms with E-state index in [2.05, 4.69) is 5.32 Å². The lowest BCUT2D eigenvalue weighted by Gasteiger charge is -2.29. The van der Waals surface area contributed by atoms with Gasteiger partial charge in [-0.3, -0.25) is 9.59 Å². The number of benzene rings is 2. The minimum Gasteiger partial charge on any atom is -0.497 e. The van der Waals surface area contributed by atoms with Gasteiger partial charge in [0.2, 0.25) is 5.91 Å². The van der Waals surface area contributed by atoms with E-state index in [1.807, 2.05) is 23.1 Å². The Morgan fingerprint density at radius 3 is 2.62 bits per heavy atom. The summed E-state index contributed by atoms with van der Waals surface area (Å²) in [7, 11) is 1.57. The molecule has 0 unspecified atom stereocenters. The van der Waals surface area contributed by atoms with Crippen LogP contribution in [0.25, 0.3) is 0 Å². The Hall–Kier alpha value is -2.57. The largest absolute Gasteiger partial charge is 0.497 e. The Labute approximate surface area is 176 Å². The number of piperazine rings is 1. The van der Waals surface area contributed by atoms with Gasteiger partial charge in [0.1, 0.15) is 5.75 Å². The number of hydrogen-bond acceptors (Lipinski definition) is 4. The average molecular weight is 416 g/mol. The summed E-state index contributed by atoms with van der Waals surface area (Å²) in [6, 6.07) is 14.5. The molecule has 154 valence electrons. The molecule has 2 amide bonds. The van der Waals surface area contributed by atoms with Crippen LogP contribution in [-0.2, 0) is 11.3 Å².